The van der Waals surface area contributed by atoms with Crippen LogP contribution in [0.5, 0.6) is 5.75 Å². The number of benzene rings is 3. The van der Waals surface area contributed by atoms with Crippen LogP contribution in [0.2, 0.25) is 0 Å². The maximum Gasteiger partial charge on any atom is 0.331 e. The number of Topliss-reactive ketones (excluding diaryl/α,β-unsaturated/α-hetero) is 1. The Morgan fingerprint density at radius 1 is 0.906 bits per heavy atom. The molecule has 0 unspecified atom stereocenters. The largest absolute Gasteiger partial charge is 0.491 e. The van der Waals surface area contributed by atoms with Crippen LogP contribution in [0.3, 0.4) is 0 Å². The summed E-state index contributed by atoms with van der Waals surface area (Å²) in [5.41, 5.74) is 1.51. The standard InChI is InChI=1S/C25H23NO5S/c1-18(28)31-26-24(17-19-5-3-2-4-6-19)25(29)20-7-11-22(12-8-20)32-23-13-9-21(10-14-23)30-16-15-27/h2-14,27H,15-17H2,1H3. The van der Waals surface area contributed by atoms with Gasteiger partial charge in [0.25, 0.3) is 0 Å². The lowest BCUT2D eigenvalue weighted by Crippen LogP contribution is -2.18. The van der Waals surface area contributed by atoms with Crippen molar-refractivity contribution >= 4 is 29.2 Å². The Kier molecular flexibility index (Phi) is 8.60. The van der Waals surface area contributed by atoms with E-state index in [1.807, 2.05) is 66.7 Å². The lowest BCUT2D eigenvalue weighted by molar-refractivity contribution is -0.140. The molecule has 0 radical (unpaired) electrons. The van der Waals surface area contributed by atoms with E-state index >= 15 is 0 Å². The van der Waals surface area contributed by atoms with E-state index in [1.165, 1.54) is 6.92 Å². The Labute approximate surface area is 190 Å². The van der Waals surface area contributed by atoms with Gasteiger partial charge < -0.3 is 14.7 Å². The van der Waals surface area contributed by atoms with E-state index in [-0.39, 0.29) is 31.1 Å². The number of rotatable bonds is 10. The first-order valence-electron chi connectivity index (χ1n) is 10.00. The zero-order valence-electron chi connectivity index (χ0n) is 17.6. The molecule has 0 aliphatic rings. The van der Waals surface area contributed by atoms with E-state index in [1.54, 1.807) is 23.9 Å². The molecule has 0 heterocycles. The van der Waals surface area contributed by atoms with Crippen molar-refractivity contribution in [2.75, 3.05) is 13.2 Å². The van der Waals surface area contributed by atoms with Crippen LogP contribution < -0.4 is 4.74 Å². The Morgan fingerprint density at radius 3 is 2.12 bits per heavy atom. The number of ketones is 1. The van der Waals surface area contributed by atoms with Crippen LogP contribution >= 0.6 is 11.8 Å². The van der Waals surface area contributed by atoms with Gasteiger partial charge in [-0.3, -0.25) is 4.79 Å². The molecule has 0 atom stereocenters. The Bertz CT molecular complexity index is 1060. The molecule has 0 fully saturated rings. The molecule has 3 aromatic rings. The smallest absolute Gasteiger partial charge is 0.331 e. The average molecular weight is 450 g/mol. The molecule has 0 aliphatic heterocycles. The summed E-state index contributed by atoms with van der Waals surface area (Å²) in [6.45, 7) is 1.47. The summed E-state index contributed by atoms with van der Waals surface area (Å²) in [6, 6.07) is 24.2. The summed E-state index contributed by atoms with van der Waals surface area (Å²) < 4.78 is 5.36. The first-order valence-corrected chi connectivity index (χ1v) is 10.8. The van der Waals surface area contributed by atoms with Crippen molar-refractivity contribution in [3.8, 4) is 5.75 Å². The van der Waals surface area contributed by atoms with Crippen LogP contribution in [0.4, 0.5) is 0 Å². The number of aliphatic hydroxyl groups excluding tert-OH is 1. The van der Waals surface area contributed by atoms with Crippen LogP contribution in [0.25, 0.3) is 0 Å². The predicted octanol–water partition coefficient (Wildman–Crippen LogP) is 4.55. The molecule has 1 N–H and O–H groups in total. The van der Waals surface area contributed by atoms with Crippen molar-refractivity contribution in [1.82, 2.24) is 0 Å². The van der Waals surface area contributed by atoms with Gasteiger partial charge >= 0.3 is 5.97 Å². The number of carbonyl (C=O) groups is 2. The van der Waals surface area contributed by atoms with E-state index in [2.05, 4.69) is 5.16 Å². The van der Waals surface area contributed by atoms with Gasteiger partial charge in [0, 0.05) is 28.7 Å². The maximum atomic E-state index is 13.0. The molecule has 0 saturated heterocycles. The third kappa shape index (κ3) is 7.08. The quantitative estimate of drug-likeness (QED) is 0.211. The van der Waals surface area contributed by atoms with Gasteiger partial charge in [-0.25, -0.2) is 4.79 Å². The number of hydrogen-bond donors (Lipinski definition) is 1. The minimum atomic E-state index is -0.581. The molecule has 0 amide bonds. The lowest BCUT2D eigenvalue weighted by atomic mass is 10.0. The normalized spacial score (nSPS) is 11.1. The van der Waals surface area contributed by atoms with E-state index in [4.69, 9.17) is 14.7 Å². The van der Waals surface area contributed by atoms with Gasteiger partial charge in [0.05, 0.1) is 6.61 Å². The molecule has 0 aromatic heterocycles. The average Bonchev–Trinajstić information content (AvgIpc) is 2.82. The molecule has 0 saturated carbocycles. The van der Waals surface area contributed by atoms with Crippen LogP contribution in [-0.4, -0.2) is 35.8 Å². The van der Waals surface area contributed by atoms with Gasteiger partial charge in [-0.2, -0.15) is 0 Å². The Balaban J connectivity index is 1.70. The van der Waals surface area contributed by atoms with Crippen LogP contribution in [-0.2, 0) is 16.1 Å². The van der Waals surface area contributed by atoms with Crippen LogP contribution in [0.1, 0.15) is 22.8 Å². The minimum Gasteiger partial charge on any atom is -0.491 e. The van der Waals surface area contributed by atoms with Gasteiger partial charge in [0.2, 0.25) is 5.78 Å². The van der Waals surface area contributed by atoms with E-state index in [0.29, 0.717) is 11.3 Å². The number of aliphatic hydroxyl groups is 1. The maximum absolute atomic E-state index is 13.0. The first kappa shape index (κ1) is 23.2. The highest BCUT2D eigenvalue weighted by Crippen LogP contribution is 2.29. The SMILES string of the molecule is CC(=O)ON=C(Cc1ccccc1)C(=O)c1ccc(Sc2ccc(OCCO)cc2)cc1. The molecule has 0 aliphatic carbocycles. The summed E-state index contributed by atoms with van der Waals surface area (Å²) in [6.07, 6.45) is 0.258. The molecule has 7 heteroatoms. The second-order valence-electron chi connectivity index (χ2n) is 6.78. The molecule has 164 valence electrons. The van der Waals surface area contributed by atoms with Gasteiger partial charge in [0.1, 0.15) is 18.1 Å². The zero-order valence-corrected chi connectivity index (χ0v) is 18.4. The molecule has 6 nitrogen and oxygen atoms in total. The Morgan fingerprint density at radius 2 is 1.53 bits per heavy atom. The van der Waals surface area contributed by atoms with E-state index in [0.717, 1.165) is 15.4 Å². The van der Waals surface area contributed by atoms with Crippen molar-refractivity contribution in [2.45, 2.75) is 23.1 Å². The molecule has 0 bridgehead atoms. The van der Waals surface area contributed by atoms with Gasteiger partial charge in [-0.05, 0) is 54.1 Å². The molecule has 32 heavy (non-hydrogen) atoms. The monoisotopic (exact) mass is 449 g/mol. The highest BCUT2D eigenvalue weighted by Gasteiger charge is 2.16. The minimum absolute atomic E-state index is 0.0276. The summed E-state index contributed by atoms with van der Waals surface area (Å²) in [5.74, 6) is -0.178. The topological polar surface area (TPSA) is 85.2 Å². The zero-order chi connectivity index (χ0) is 22.8. The molecular weight excluding hydrogens is 426 g/mol. The molecule has 3 rings (SSSR count). The second kappa shape index (κ2) is 11.8. The van der Waals surface area contributed by atoms with Crippen LogP contribution in [0.15, 0.2) is 93.8 Å². The second-order valence-corrected chi connectivity index (χ2v) is 7.93. The van der Waals surface area contributed by atoms with Crippen molar-refractivity contribution in [2.24, 2.45) is 5.16 Å². The highest BCUT2D eigenvalue weighted by atomic mass is 32.2. The first-order chi connectivity index (χ1) is 15.5. The van der Waals surface area contributed by atoms with E-state index in [9.17, 15) is 9.59 Å². The number of ether oxygens (including phenoxy) is 1. The lowest BCUT2D eigenvalue weighted by Gasteiger charge is -2.08. The van der Waals surface area contributed by atoms with Crippen LogP contribution in [0, 0.1) is 0 Å². The fraction of sp³-hybridized carbons (Fsp3) is 0.160. The third-order valence-electron chi connectivity index (χ3n) is 4.30. The van der Waals surface area contributed by atoms with Gasteiger partial charge in [0.15, 0.2) is 0 Å². The van der Waals surface area contributed by atoms with Crippen molar-refractivity contribution < 1.29 is 24.3 Å². The summed E-state index contributed by atoms with van der Waals surface area (Å²) >= 11 is 1.55. The van der Waals surface area contributed by atoms with Gasteiger partial charge in [-0.15, -0.1) is 0 Å². The number of carbonyl (C=O) groups excluding carboxylic acids is 2. The van der Waals surface area contributed by atoms with Crippen molar-refractivity contribution in [1.29, 1.82) is 0 Å². The summed E-state index contributed by atoms with van der Waals surface area (Å²) in [7, 11) is 0. The summed E-state index contributed by atoms with van der Waals surface area (Å²) in [4.78, 5) is 30.9. The fourth-order valence-corrected chi connectivity index (χ4v) is 3.62. The van der Waals surface area contributed by atoms with Crippen molar-refractivity contribution in [3.63, 3.8) is 0 Å². The highest BCUT2D eigenvalue weighted by molar-refractivity contribution is 7.99. The third-order valence-corrected chi connectivity index (χ3v) is 5.31. The molecular formula is C25H23NO5S. The predicted molar refractivity (Wildman–Crippen MR) is 123 cm³/mol. The molecule has 0 spiro atoms. The number of oxime groups is 1. The number of hydrogen-bond acceptors (Lipinski definition) is 7. The Hall–Kier alpha value is -3.42. The van der Waals surface area contributed by atoms with Gasteiger partial charge in [-0.1, -0.05) is 47.2 Å². The van der Waals surface area contributed by atoms with Crippen molar-refractivity contribution in [3.05, 3.63) is 90.0 Å². The van der Waals surface area contributed by atoms with E-state index < -0.39 is 5.97 Å². The summed E-state index contributed by atoms with van der Waals surface area (Å²) in [5, 5.41) is 12.6. The number of nitrogens with zero attached hydrogens (tertiary/aromatic N) is 1. The fourth-order valence-electron chi connectivity index (χ4n) is 2.81. The molecule has 3 aromatic carbocycles.